The van der Waals surface area contributed by atoms with Crippen LogP contribution in [-0.4, -0.2) is 123 Å². The number of nitrogens with zero attached hydrogens (tertiary/aromatic N) is 4. The summed E-state index contributed by atoms with van der Waals surface area (Å²) in [4.78, 5) is 67.8. The minimum atomic E-state index is -4.51. The molecule has 0 spiro atoms. The third-order valence-corrected chi connectivity index (χ3v) is 8.92. The Morgan fingerprint density at radius 2 is 1.67 bits per heavy atom. The summed E-state index contributed by atoms with van der Waals surface area (Å²) in [6.07, 6.45) is -6.96. The lowest BCUT2D eigenvalue weighted by Gasteiger charge is -2.44. The average molecular weight is 757 g/mol. The van der Waals surface area contributed by atoms with Crippen molar-refractivity contribution in [3.8, 4) is 5.75 Å². The maximum absolute atomic E-state index is 14.2. The van der Waals surface area contributed by atoms with Gasteiger partial charge in [-0.15, -0.1) is 0 Å². The fraction of sp³-hybridized carbons (Fsp3) is 0.645. The van der Waals surface area contributed by atoms with Crippen LogP contribution in [0, 0.1) is 0 Å². The van der Waals surface area contributed by atoms with Crippen molar-refractivity contribution in [1.82, 2.24) is 15.3 Å². The van der Waals surface area contributed by atoms with E-state index in [2.05, 4.69) is 20.4 Å². The fourth-order valence-electron chi connectivity index (χ4n) is 5.05. The molecule has 0 aromatic heterocycles. The van der Waals surface area contributed by atoms with Crippen LogP contribution in [-0.2, 0) is 61.5 Å². The van der Waals surface area contributed by atoms with E-state index in [4.69, 9.17) is 43.0 Å². The third kappa shape index (κ3) is 14.0. The molecule has 2 unspecified atom stereocenters. The number of rotatable bonds is 18. The number of ether oxygens (including phenoxy) is 6. The van der Waals surface area contributed by atoms with Crippen LogP contribution in [0.5, 0.6) is 5.75 Å². The van der Waals surface area contributed by atoms with E-state index in [1.165, 1.54) is 19.1 Å². The summed E-state index contributed by atoms with van der Waals surface area (Å²) in [7, 11) is -4.51. The summed E-state index contributed by atoms with van der Waals surface area (Å²) in [5, 5.41) is 8.21. The second-order valence-corrected chi connectivity index (χ2v) is 13.6. The van der Waals surface area contributed by atoms with Crippen LogP contribution in [0.2, 0.25) is 0 Å². The quantitative estimate of drug-likeness (QED) is 0.0541. The topological polar surface area (TPSA) is 252 Å². The minimum Gasteiger partial charge on any atom is -0.462 e. The molecule has 2 heterocycles. The van der Waals surface area contributed by atoms with Gasteiger partial charge >= 0.3 is 31.6 Å². The molecular formula is C31H45N6O14P. The molecule has 3 rings (SSSR count). The highest BCUT2D eigenvalue weighted by Gasteiger charge is 2.53. The number of amides is 1. The summed E-state index contributed by atoms with van der Waals surface area (Å²) in [5.74, 6) is -4.07. The lowest BCUT2D eigenvalue weighted by molar-refractivity contribution is -0.269. The van der Waals surface area contributed by atoms with Crippen LogP contribution in [0.1, 0.15) is 41.0 Å². The van der Waals surface area contributed by atoms with E-state index in [1.54, 1.807) is 32.0 Å². The van der Waals surface area contributed by atoms with E-state index in [1.807, 2.05) is 4.90 Å². The van der Waals surface area contributed by atoms with Gasteiger partial charge in [0.25, 0.3) is 0 Å². The number of carbonyl (C=O) groups is 5. The summed E-state index contributed by atoms with van der Waals surface area (Å²) >= 11 is 0. The highest BCUT2D eigenvalue weighted by Crippen LogP contribution is 2.46. The normalized spacial score (nSPS) is 23.5. The Balaban J connectivity index is 1.96. The standard InChI is InChI=1S/C31H45N6O14P/c1-19(2)46-30(42)20(3)35-52(43,51-23-9-7-6-8-10-23)45-18-24-28(47-21(4)38)29(48-22(5)39)27(34-25(40)17-33-36-32)31(49-24)50-26(41)11-12-37-13-15-44-16-14-37/h6-10,19-20,24,27-29,31H,11-18H2,1-5H3,(H,34,40)(H,35,43)/t20-,24+,27-,28+,29+,31?,52?/m0/s1. The van der Waals surface area contributed by atoms with Gasteiger partial charge in [-0.1, -0.05) is 23.3 Å². The van der Waals surface area contributed by atoms with Crippen LogP contribution < -0.4 is 14.9 Å². The molecule has 2 saturated heterocycles. The van der Waals surface area contributed by atoms with Crippen LogP contribution in [0.3, 0.4) is 0 Å². The van der Waals surface area contributed by atoms with Gasteiger partial charge in [-0.05, 0) is 38.4 Å². The number of carbonyl (C=O) groups excluding carboxylic acids is 5. The van der Waals surface area contributed by atoms with Gasteiger partial charge in [0.05, 0.1) is 32.3 Å². The first kappa shape index (κ1) is 42.1. The van der Waals surface area contributed by atoms with Gasteiger partial charge in [0.1, 0.15) is 30.5 Å². The van der Waals surface area contributed by atoms with Gasteiger partial charge < -0.3 is 38.3 Å². The molecular weight excluding hydrogens is 711 g/mol. The molecule has 2 aliphatic rings. The number of hydrogen-bond acceptors (Lipinski definition) is 16. The van der Waals surface area contributed by atoms with Crippen molar-refractivity contribution in [2.45, 2.75) is 83.8 Å². The molecule has 21 heteroatoms. The lowest BCUT2D eigenvalue weighted by Crippen LogP contribution is -2.67. The van der Waals surface area contributed by atoms with E-state index < -0.39 is 93.5 Å². The summed E-state index contributed by atoms with van der Waals surface area (Å²) in [6, 6.07) is 5.16. The van der Waals surface area contributed by atoms with Gasteiger partial charge in [-0.25, -0.2) is 4.57 Å². The van der Waals surface area contributed by atoms with Crippen molar-refractivity contribution < 1.29 is 66.0 Å². The zero-order valence-electron chi connectivity index (χ0n) is 29.5. The molecule has 1 aromatic rings. The van der Waals surface area contributed by atoms with Gasteiger partial charge in [-0.2, -0.15) is 5.09 Å². The smallest absolute Gasteiger partial charge is 0.459 e. The molecule has 2 N–H and O–H groups in total. The molecule has 0 aliphatic carbocycles. The number of nitrogens with one attached hydrogen (secondary N) is 2. The Morgan fingerprint density at radius 3 is 2.29 bits per heavy atom. The molecule has 0 saturated carbocycles. The number of morpholine rings is 1. The molecule has 2 aliphatic heterocycles. The van der Waals surface area contributed by atoms with Gasteiger partial charge in [0.15, 0.2) is 12.2 Å². The van der Waals surface area contributed by atoms with Crippen molar-refractivity contribution in [2.24, 2.45) is 5.11 Å². The molecule has 1 aromatic carbocycles. The van der Waals surface area contributed by atoms with Crippen molar-refractivity contribution in [3.63, 3.8) is 0 Å². The van der Waals surface area contributed by atoms with E-state index in [-0.39, 0.29) is 12.2 Å². The molecule has 7 atom stereocenters. The first-order valence-corrected chi connectivity index (χ1v) is 18.0. The van der Waals surface area contributed by atoms with Crippen molar-refractivity contribution in [3.05, 3.63) is 40.8 Å². The fourth-order valence-corrected chi connectivity index (χ4v) is 6.56. The Hall–Kier alpha value is -4.29. The van der Waals surface area contributed by atoms with Gasteiger partial charge in [0.2, 0.25) is 12.2 Å². The van der Waals surface area contributed by atoms with E-state index in [0.29, 0.717) is 32.8 Å². The predicted octanol–water partition coefficient (Wildman–Crippen LogP) is 1.77. The largest absolute Gasteiger partial charge is 0.462 e. The molecule has 0 radical (unpaired) electrons. The molecule has 288 valence electrons. The Bertz CT molecular complexity index is 1470. The Morgan fingerprint density at radius 1 is 1.02 bits per heavy atom. The zero-order valence-corrected chi connectivity index (χ0v) is 30.4. The summed E-state index contributed by atoms with van der Waals surface area (Å²) < 4.78 is 58.9. The number of esters is 4. The molecule has 20 nitrogen and oxygen atoms in total. The monoisotopic (exact) mass is 756 g/mol. The van der Waals surface area contributed by atoms with Crippen LogP contribution in [0.25, 0.3) is 10.4 Å². The predicted molar refractivity (Wildman–Crippen MR) is 178 cm³/mol. The SMILES string of the molecule is CC(=O)O[C@H]1[C@H](OC(C)=O)[C@@H](COP(=O)(N[C@@H](C)C(=O)OC(C)C)Oc2ccccc2)OC(OC(=O)CCN2CCOCC2)[C@H]1NC(=O)CN=[N+]=[N-]. The zero-order chi connectivity index (χ0) is 38.3. The summed E-state index contributed by atoms with van der Waals surface area (Å²) in [6.45, 7) is 7.81. The maximum Gasteiger partial charge on any atom is 0.459 e. The van der Waals surface area contributed by atoms with Crippen LogP contribution in [0.15, 0.2) is 35.4 Å². The van der Waals surface area contributed by atoms with Crippen molar-refractivity contribution in [2.75, 3.05) is 46.0 Å². The van der Waals surface area contributed by atoms with E-state index >= 15 is 0 Å². The maximum atomic E-state index is 14.2. The number of benzene rings is 1. The average Bonchev–Trinajstić information content (AvgIpc) is 3.08. The first-order chi connectivity index (χ1) is 24.7. The Labute approximate surface area is 300 Å². The molecule has 2 fully saturated rings. The van der Waals surface area contributed by atoms with Crippen molar-refractivity contribution in [1.29, 1.82) is 0 Å². The second-order valence-electron chi connectivity index (χ2n) is 11.9. The molecule has 0 bridgehead atoms. The number of azide groups is 1. The third-order valence-electron chi connectivity index (χ3n) is 7.27. The summed E-state index contributed by atoms with van der Waals surface area (Å²) in [5.41, 5.74) is 8.71. The van der Waals surface area contributed by atoms with E-state index in [0.717, 1.165) is 13.8 Å². The first-order valence-electron chi connectivity index (χ1n) is 16.5. The highest BCUT2D eigenvalue weighted by atomic mass is 31.2. The second kappa shape index (κ2) is 20.7. The van der Waals surface area contributed by atoms with E-state index in [9.17, 15) is 28.5 Å². The van der Waals surface area contributed by atoms with Crippen molar-refractivity contribution >= 4 is 37.5 Å². The Kier molecular flexibility index (Phi) is 16.7. The molecule has 52 heavy (non-hydrogen) atoms. The van der Waals surface area contributed by atoms with Gasteiger partial charge in [0, 0.05) is 38.4 Å². The van der Waals surface area contributed by atoms with Gasteiger partial charge in [-0.3, -0.25) is 33.4 Å². The van der Waals surface area contributed by atoms with Crippen LogP contribution >= 0.6 is 7.75 Å². The highest BCUT2D eigenvalue weighted by molar-refractivity contribution is 7.52. The molecule has 1 amide bonds. The minimum absolute atomic E-state index is 0.0940. The number of para-hydroxylation sites is 1. The van der Waals surface area contributed by atoms with Crippen LogP contribution in [0.4, 0.5) is 0 Å². The lowest BCUT2D eigenvalue weighted by atomic mass is 9.96. The number of hydrogen-bond donors (Lipinski definition) is 2.